The van der Waals surface area contributed by atoms with E-state index >= 15 is 0 Å². The number of amides is 2. The number of rotatable bonds is 7. The molecule has 0 aliphatic carbocycles. The lowest BCUT2D eigenvalue weighted by atomic mass is 10.2. The van der Waals surface area contributed by atoms with Gasteiger partial charge in [0.2, 0.25) is 5.91 Å². The first-order chi connectivity index (χ1) is 16.6. The number of thiazole rings is 1. The summed E-state index contributed by atoms with van der Waals surface area (Å²) in [6, 6.07) is 0.0959. The molecule has 35 heavy (non-hydrogen) atoms. The minimum Gasteiger partial charge on any atom is -0.344 e. The van der Waals surface area contributed by atoms with Gasteiger partial charge in [-0.2, -0.15) is 13.2 Å². The first kappa shape index (κ1) is 25.9. The molecule has 0 fully saturated rings. The Morgan fingerprint density at radius 3 is 2.51 bits per heavy atom. The molecular weight excluding hydrogens is 507 g/mol. The zero-order valence-electron chi connectivity index (χ0n) is 18.2. The molecule has 0 saturated carbocycles. The van der Waals surface area contributed by atoms with Gasteiger partial charge in [0.15, 0.2) is 0 Å². The van der Waals surface area contributed by atoms with Gasteiger partial charge in [-0.3, -0.25) is 14.6 Å². The van der Waals surface area contributed by atoms with E-state index in [0.29, 0.717) is 22.3 Å². The van der Waals surface area contributed by atoms with E-state index in [1.54, 1.807) is 26.4 Å². The van der Waals surface area contributed by atoms with Gasteiger partial charge in [-0.1, -0.05) is 11.6 Å². The van der Waals surface area contributed by atoms with E-state index in [0.717, 1.165) is 17.5 Å². The highest BCUT2D eigenvalue weighted by molar-refractivity contribution is 7.13. The Morgan fingerprint density at radius 1 is 1.14 bits per heavy atom. The van der Waals surface area contributed by atoms with Gasteiger partial charge in [-0.15, -0.1) is 11.3 Å². The Kier molecular flexibility index (Phi) is 8.25. The highest BCUT2D eigenvalue weighted by Crippen LogP contribution is 2.35. The van der Waals surface area contributed by atoms with Crippen LogP contribution in [0.1, 0.15) is 38.8 Å². The third-order valence-corrected chi connectivity index (χ3v) is 5.85. The summed E-state index contributed by atoms with van der Waals surface area (Å²) in [7, 11) is 1.57. The monoisotopic (exact) mass is 523 g/mol. The van der Waals surface area contributed by atoms with Crippen molar-refractivity contribution in [3.8, 4) is 0 Å². The van der Waals surface area contributed by atoms with Gasteiger partial charge in [0.25, 0.3) is 5.91 Å². The second-order valence-electron chi connectivity index (χ2n) is 6.86. The molecule has 2 N–H and O–H groups in total. The van der Waals surface area contributed by atoms with E-state index in [9.17, 15) is 22.8 Å². The number of nitrogens with zero attached hydrogens (tertiary/aromatic N) is 5. The van der Waals surface area contributed by atoms with Crippen molar-refractivity contribution in [1.82, 2.24) is 25.3 Å². The molecule has 3 aromatic heterocycles. The molecule has 3 heterocycles. The van der Waals surface area contributed by atoms with Gasteiger partial charge in [-0.25, -0.2) is 19.9 Å². The van der Waals surface area contributed by atoms with E-state index in [4.69, 9.17) is 11.6 Å². The van der Waals surface area contributed by atoms with Crippen LogP contribution >= 0.6 is 22.9 Å². The quantitative estimate of drug-likeness (QED) is 0.355. The molecule has 1 atom stereocenters. The number of carbonyl (C=O) groups is 2. The van der Waals surface area contributed by atoms with Crippen molar-refractivity contribution in [3.63, 3.8) is 0 Å². The predicted octanol–water partition coefficient (Wildman–Crippen LogP) is 4.11. The van der Waals surface area contributed by atoms with Crippen LogP contribution in [0.4, 0.5) is 19.0 Å². The molecule has 14 heteroatoms. The molecule has 0 spiro atoms. The highest BCUT2D eigenvalue weighted by Gasteiger charge is 2.34. The third-order valence-electron chi connectivity index (χ3n) is 4.37. The number of halogens is 4. The second kappa shape index (κ2) is 11.1. The summed E-state index contributed by atoms with van der Waals surface area (Å²) in [6.07, 6.45) is 4.67. The van der Waals surface area contributed by atoms with Gasteiger partial charge in [-0.05, 0) is 19.1 Å². The first-order valence-corrected chi connectivity index (χ1v) is 11.0. The average molecular weight is 524 g/mol. The van der Waals surface area contributed by atoms with E-state index in [1.165, 1.54) is 24.7 Å². The number of hydrogen-bond donors (Lipinski definition) is 2. The van der Waals surface area contributed by atoms with Crippen LogP contribution in [0.5, 0.6) is 0 Å². The Labute approximate surface area is 206 Å². The predicted molar refractivity (Wildman–Crippen MR) is 125 cm³/mol. The molecule has 0 radical (unpaired) electrons. The van der Waals surface area contributed by atoms with Gasteiger partial charge in [0, 0.05) is 37.3 Å². The fraction of sp³-hybridized carbons (Fsp3) is 0.190. The molecule has 3 aromatic rings. The molecule has 3 rings (SSSR count). The molecule has 0 aromatic carbocycles. The number of aliphatic imine (C=N–C) groups is 1. The Hall–Kier alpha value is -3.71. The minimum absolute atomic E-state index is 0.117. The number of hydrogen-bond acceptors (Lipinski definition) is 8. The summed E-state index contributed by atoms with van der Waals surface area (Å²) >= 11 is 6.51. The summed E-state index contributed by atoms with van der Waals surface area (Å²) in [5, 5.41) is 4.83. The number of aromatic nitrogens is 4. The summed E-state index contributed by atoms with van der Waals surface area (Å²) in [5.74, 6) is -1.45. The van der Waals surface area contributed by atoms with Crippen LogP contribution < -0.4 is 10.6 Å². The van der Waals surface area contributed by atoms with Crippen LogP contribution in [-0.2, 0) is 11.0 Å². The number of carbonyl (C=O) groups excluding carboxylic acids is 2. The van der Waals surface area contributed by atoms with Crippen molar-refractivity contribution in [3.05, 3.63) is 75.4 Å². The van der Waals surface area contributed by atoms with Crippen LogP contribution in [-0.4, -0.2) is 44.5 Å². The van der Waals surface area contributed by atoms with Crippen molar-refractivity contribution < 1.29 is 22.8 Å². The maximum Gasteiger partial charge on any atom is 0.418 e. The van der Waals surface area contributed by atoms with Gasteiger partial charge in [0.1, 0.15) is 22.0 Å². The topological polar surface area (TPSA) is 122 Å². The smallest absolute Gasteiger partial charge is 0.344 e. The Balaban J connectivity index is 1.63. The minimum atomic E-state index is -4.70. The first-order valence-electron chi connectivity index (χ1n) is 9.79. The molecule has 182 valence electrons. The maximum atomic E-state index is 13.0. The molecular formula is C21H17ClF3N7O2S. The summed E-state index contributed by atoms with van der Waals surface area (Å²) < 4.78 is 39.0. The number of allylic oxidation sites excluding steroid dienone is 1. The van der Waals surface area contributed by atoms with Crippen LogP contribution in [0.2, 0.25) is 5.02 Å². The number of pyridine rings is 1. The van der Waals surface area contributed by atoms with Crippen molar-refractivity contribution in [1.29, 1.82) is 0 Å². The van der Waals surface area contributed by atoms with Gasteiger partial charge < -0.3 is 10.6 Å². The molecule has 0 aliphatic heterocycles. The van der Waals surface area contributed by atoms with Gasteiger partial charge in [0.05, 0.1) is 28.5 Å². The fourth-order valence-corrected chi connectivity index (χ4v) is 3.73. The van der Waals surface area contributed by atoms with Crippen molar-refractivity contribution in [2.24, 2.45) is 4.99 Å². The number of nitrogens with one attached hydrogen (secondary N) is 2. The second-order valence-corrected chi connectivity index (χ2v) is 8.33. The zero-order chi connectivity index (χ0) is 25.6. The molecule has 1 unspecified atom stereocenters. The zero-order valence-corrected chi connectivity index (χ0v) is 19.7. The molecule has 2 amide bonds. The lowest BCUT2D eigenvalue weighted by Gasteiger charge is -2.10. The highest BCUT2D eigenvalue weighted by atomic mass is 35.5. The Morgan fingerprint density at radius 2 is 1.86 bits per heavy atom. The molecule has 0 saturated heterocycles. The van der Waals surface area contributed by atoms with Crippen molar-refractivity contribution in [2.45, 2.75) is 19.1 Å². The van der Waals surface area contributed by atoms with Crippen LogP contribution in [0, 0.1) is 0 Å². The summed E-state index contributed by atoms with van der Waals surface area (Å²) in [5.41, 5.74) is 0.0289. The van der Waals surface area contributed by atoms with Crippen LogP contribution in [0.25, 0.3) is 0 Å². The lowest BCUT2D eigenvalue weighted by molar-refractivity contribution is -0.137. The largest absolute Gasteiger partial charge is 0.418 e. The lowest BCUT2D eigenvalue weighted by Crippen LogP contribution is -2.24. The van der Waals surface area contributed by atoms with Crippen LogP contribution in [0.3, 0.4) is 0 Å². The molecule has 0 bridgehead atoms. The fourth-order valence-electron chi connectivity index (χ4n) is 2.70. The SMILES string of the molecule is CN=C(/C=C/C(=O)NC(C)c1ncc(C(=O)Nc2cc(C(F)(F)F)c(Cl)cn2)s1)c1cncnc1. The van der Waals surface area contributed by atoms with Crippen LogP contribution in [0.15, 0.2) is 54.3 Å². The third kappa shape index (κ3) is 6.90. The number of alkyl halides is 3. The summed E-state index contributed by atoms with van der Waals surface area (Å²) in [6.45, 7) is 1.67. The maximum absolute atomic E-state index is 13.0. The Bertz CT molecular complexity index is 1280. The average Bonchev–Trinajstić information content (AvgIpc) is 3.31. The number of anilines is 1. The summed E-state index contributed by atoms with van der Waals surface area (Å²) in [4.78, 5) is 44.6. The van der Waals surface area contributed by atoms with E-state index in [-0.39, 0.29) is 10.7 Å². The van der Waals surface area contributed by atoms with Crippen molar-refractivity contribution in [2.75, 3.05) is 12.4 Å². The molecule has 0 aliphatic rings. The van der Waals surface area contributed by atoms with Crippen molar-refractivity contribution >= 4 is 46.3 Å². The van der Waals surface area contributed by atoms with E-state index in [1.807, 2.05) is 0 Å². The normalized spacial score (nSPS) is 13.0. The van der Waals surface area contributed by atoms with Gasteiger partial charge >= 0.3 is 6.18 Å². The standard InChI is InChI=1S/C21H17ClF3N7O2S/c1-11(31-18(33)4-3-15(26-2)12-6-27-10-28-7-12)20-30-9-16(35-20)19(34)32-17-5-13(21(23,24)25)14(22)8-29-17/h3-11H,1-2H3,(H,31,33)(H,29,32,34)/b4-3+,26-15?. The molecule has 9 nitrogen and oxygen atoms in total. The van der Waals surface area contributed by atoms with E-state index in [2.05, 4.69) is 35.6 Å². The van der Waals surface area contributed by atoms with E-state index < -0.39 is 34.6 Å².